The Morgan fingerprint density at radius 1 is 0.970 bits per heavy atom. The van der Waals surface area contributed by atoms with Crippen LogP contribution in [0.1, 0.15) is 38.2 Å². The first-order chi connectivity index (χ1) is 16.1. The van der Waals surface area contributed by atoms with Crippen molar-refractivity contribution in [2.24, 2.45) is 0 Å². The summed E-state index contributed by atoms with van der Waals surface area (Å²) in [5, 5.41) is 5.17. The molecule has 1 aliphatic carbocycles. The molecular formula is C28H32N2O3. The minimum Gasteiger partial charge on any atom is -0.483 e. The van der Waals surface area contributed by atoms with Crippen molar-refractivity contribution < 1.29 is 14.3 Å². The first-order valence-corrected chi connectivity index (χ1v) is 11.9. The van der Waals surface area contributed by atoms with Gasteiger partial charge in [0.2, 0.25) is 5.91 Å². The molecule has 2 amide bonds. The molecular weight excluding hydrogens is 412 g/mol. The van der Waals surface area contributed by atoms with E-state index >= 15 is 0 Å². The Labute approximate surface area is 195 Å². The van der Waals surface area contributed by atoms with Gasteiger partial charge in [0.25, 0.3) is 5.91 Å². The van der Waals surface area contributed by atoms with Crippen LogP contribution in [0.25, 0.3) is 10.8 Å². The first kappa shape index (κ1) is 22.8. The van der Waals surface area contributed by atoms with Gasteiger partial charge in [-0.15, -0.1) is 0 Å². The van der Waals surface area contributed by atoms with Crippen molar-refractivity contribution in [2.45, 2.75) is 51.1 Å². The van der Waals surface area contributed by atoms with Gasteiger partial charge in [-0.3, -0.25) is 9.59 Å². The number of ether oxygens (including phenoxy) is 1. The summed E-state index contributed by atoms with van der Waals surface area (Å²) in [6, 6.07) is 23.5. The van der Waals surface area contributed by atoms with E-state index < -0.39 is 6.04 Å². The molecule has 5 heteroatoms. The summed E-state index contributed by atoms with van der Waals surface area (Å²) in [6.07, 6.45) is 5.01. The summed E-state index contributed by atoms with van der Waals surface area (Å²) < 4.78 is 5.95. The largest absolute Gasteiger partial charge is 0.483 e. The summed E-state index contributed by atoms with van der Waals surface area (Å²) in [5.41, 5.74) is 1.13. The van der Waals surface area contributed by atoms with E-state index in [0.29, 0.717) is 18.7 Å². The van der Waals surface area contributed by atoms with Crippen LogP contribution >= 0.6 is 0 Å². The van der Waals surface area contributed by atoms with Crippen molar-refractivity contribution >= 4 is 22.6 Å². The van der Waals surface area contributed by atoms with E-state index in [-0.39, 0.29) is 24.5 Å². The molecule has 0 spiro atoms. The Morgan fingerprint density at radius 3 is 2.45 bits per heavy atom. The summed E-state index contributed by atoms with van der Waals surface area (Å²) >= 11 is 0. The van der Waals surface area contributed by atoms with Crippen LogP contribution in [-0.2, 0) is 16.0 Å². The van der Waals surface area contributed by atoms with E-state index in [4.69, 9.17) is 4.74 Å². The predicted octanol–water partition coefficient (Wildman–Crippen LogP) is 4.74. The number of amides is 2. The highest BCUT2D eigenvalue weighted by molar-refractivity contribution is 5.90. The molecule has 0 radical (unpaired) electrons. The highest BCUT2D eigenvalue weighted by atomic mass is 16.5. The van der Waals surface area contributed by atoms with Gasteiger partial charge in [-0.05, 0) is 43.2 Å². The number of hydrogen-bond acceptors (Lipinski definition) is 3. The molecule has 1 fully saturated rings. The molecule has 1 N–H and O–H groups in total. The smallest absolute Gasteiger partial charge is 0.261 e. The van der Waals surface area contributed by atoms with Gasteiger partial charge in [0, 0.05) is 18.0 Å². The van der Waals surface area contributed by atoms with Gasteiger partial charge in [-0.1, -0.05) is 79.6 Å². The SMILES string of the molecule is C[C@H](C(=O)NC1CCCC1)N(CCc1ccccc1)C(=O)COc1cccc2ccccc12. The lowest BCUT2D eigenvalue weighted by atomic mass is 10.1. The molecule has 3 aromatic rings. The van der Waals surface area contributed by atoms with Crippen LogP contribution in [0, 0.1) is 0 Å². The number of carbonyl (C=O) groups excluding carboxylic acids is 2. The highest BCUT2D eigenvalue weighted by Crippen LogP contribution is 2.25. The van der Waals surface area contributed by atoms with Gasteiger partial charge in [0.1, 0.15) is 11.8 Å². The van der Waals surface area contributed by atoms with E-state index in [2.05, 4.69) is 5.32 Å². The van der Waals surface area contributed by atoms with Crippen molar-refractivity contribution in [1.29, 1.82) is 0 Å². The minimum atomic E-state index is -0.557. The Hall–Kier alpha value is -3.34. The molecule has 5 nitrogen and oxygen atoms in total. The third-order valence-corrected chi connectivity index (χ3v) is 6.45. The molecule has 0 aromatic heterocycles. The Morgan fingerprint density at radius 2 is 1.67 bits per heavy atom. The van der Waals surface area contributed by atoms with Crippen LogP contribution in [0.2, 0.25) is 0 Å². The molecule has 0 saturated heterocycles. The number of fused-ring (bicyclic) bond motifs is 1. The van der Waals surface area contributed by atoms with Crippen LogP contribution in [0.15, 0.2) is 72.8 Å². The maximum atomic E-state index is 13.3. The van der Waals surface area contributed by atoms with E-state index in [9.17, 15) is 9.59 Å². The highest BCUT2D eigenvalue weighted by Gasteiger charge is 2.28. The maximum Gasteiger partial charge on any atom is 0.261 e. The first-order valence-electron chi connectivity index (χ1n) is 11.9. The number of nitrogens with zero attached hydrogens (tertiary/aromatic N) is 1. The Bertz CT molecular complexity index is 1070. The molecule has 0 bridgehead atoms. The normalized spacial score (nSPS) is 14.7. The second-order valence-electron chi connectivity index (χ2n) is 8.75. The minimum absolute atomic E-state index is 0.0894. The van der Waals surface area contributed by atoms with Crippen molar-refractivity contribution in [1.82, 2.24) is 10.2 Å². The lowest BCUT2D eigenvalue weighted by molar-refractivity contribution is -0.141. The van der Waals surface area contributed by atoms with Gasteiger partial charge in [0.05, 0.1) is 0 Å². The summed E-state index contributed by atoms with van der Waals surface area (Å²) in [6.45, 7) is 2.16. The zero-order valence-corrected chi connectivity index (χ0v) is 19.2. The van der Waals surface area contributed by atoms with E-state index in [1.54, 1.807) is 4.90 Å². The van der Waals surface area contributed by atoms with E-state index in [1.165, 1.54) is 0 Å². The van der Waals surface area contributed by atoms with Crippen molar-refractivity contribution in [3.8, 4) is 5.75 Å². The average Bonchev–Trinajstić information content (AvgIpc) is 3.36. The van der Waals surface area contributed by atoms with Gasteiger partial charge < -0.3 is 15.0 Å². The van der Waals surface area contributed by atoms with Crippen molar-refractivity contribution in [3.63, 3.8) is 0 Å². The fourth-order valence-electron chi connectivity index (χ4n) is 4.51. The standard InChI is InChI=1S/C28H32N2O3/c1-21(28(32)29-24-14-6-7-15-24)30(19-18-22-10-3-2-4-11-22)27(31)20-33-26-17-9-13-23-12-5-8-16-25(23)26/h2-5,8-13,16-17,21,24H,6-7,14-15,18-20H2,1H3,(H,29,32)/t21-/m1/s1. The topological polar surface area (TPSA) is 58.6 Å². The van der Waals surface area contributed by atoms with E-state index in [1.807, 2.05) is 79.7 Å². The number of carbonyl (C=O) groups is 2. The van der Waals surface area contributed by atoms with Crippen LogP contribution < -0.4 is 10.1 Å². The number of rotatable bonds is 9. The molecule has 172 valence electrons. The molecule has 0 unspecified atom stereocenters. The molecule has 1 atom stereocenters. The van der Waals surface area contributed by atoms with Gasteiger partial charge in [-0.2, -0.15) is 0 Å². The average molecular weight is 445 g/mol. The quantitative estimate of drug-likeness (QED) is 0.519. The third-order valence-electron chi connectivity index (χ3n) is 6.45. The summed E-state index contributed by atoms with van der Waals surface area (Å²) in [5.74, 6) is 0.397. The second kappa shape index (κ2) is 11.0. The van der Waals surface area contributed by atoms with Crippen LogP contribution in [-0.4, -0.2) is 41.9 Å². The zero-order valence-electron chi connectivity index (χ0n) is 19.2. The van der Waals surface area contributed by atoms with Crippen molar-refractivity contribution in [2.75, 3.05) is 13.2 Å². The number of hydrogen-bond donors (Lipinski definition) is 1. The lowest BCUT2D eigenvalue weighted by Gasteiger charge is -2.29. The predicted molar refractivity (Wildman–Crippen MR) is 131 cm³/mol. The van der Waals surface area contributed by atoms with Gasteiger partial charge in [0.15, 0.2) is 6.61 Å². The molecule has 4 rings (SSSR count). The fourth-order valence-corrected chi connectivity index (χ4v) is 4.51. The maximum absolute atomic E-state index is 13.3. The fraction of sp³-hybridized carbons (Fsp3) is 0.357. The molecule has 1 saturated carbocycles. The monoisotopic (exact) mass is 444 g/mol. The van der Waals surface area contributed by atoms with E-state index in [0.717, 1.165) is 42.0 Å². The molecule has 1 aliphatic rings. The van der Waals surface area contributed by atoms with Crippen LogP contribution in [0.4, 0.5) is 0 Å². The van der Waals surface area contributed by atoms with Crippen molar-refractivity contribution in [3.05, 3.63) is 78.4 Å². The zero-order chi connectivity index (χ0) is 23.0. The second-order valence-corrected chi connectivity index (χ2v) is 8.75. The Kier molecular flexibility index (Phi) is 7.61. The summed E-state index contributed by atoms with van der Waals surface area (Å²) in [7, 11) is 0. The molecule has 0 aliphatic heterocycles. The molecule has 0 heterocycles. The lowest BCUT2D eigenvalue weighted by Crippen LogP contribution is -2.51. The summed E-state index contributed by atoms with van der Waals surface area (Å²) in [4.78, 5) is 27.9. The van der Waals surface area contributed by atoms with Gasteiger partial charge in [-0.25, -0.2) is 0 Å². The molecule has 33 heavy (non-hydrogen) atoms. The number of benzene rings is 3. The molecule has 3 aromatic carbocycles. The Balaban J connectivity index is 1.45. The van der Waals surface area contributed by atoms with Crippen LogP contribution in [0.5, 0.6) is 5.75 Å². The van der Waals surface area contributed by atoms with Gasteiger partial charge >= 0.3 is 0 Å². The third kappa shape index (κ3) is 5.92. The number of nitrogens with one attached hydrogen (secondary N) is 1. The van der Waals surface area contributed by atoms with Crippen LogP contribution in [0.3, 0.4) is 0 Å².